The largest absolute Gasteiger partial charge is 0.306 e. The van der Waals surface area contributed by atoms with Gasteiger partial charge in [-0.2, -0.15) is 0 Å². The van der Waals surface area contributed by atoms with Crippen LogP contribution in [0, 0.1) is 5.92 Å². The minimum Gasteiger partial charge on any atom is -0.306 e. The van der Waals surface area contributed by atoms with Crippen molar-refractivity contribution in [1.82, 2.24) is 5.32 Å². The summed E-state index contributed by atoms with van der Waals surface area (Å²) in [6.45, 7) is 1.13. The zero-order chi connectivity index (χ0) is 14.1. The van der Waals surface area contributed by atoms with Gasteiger partial charge in [-0.3, -0.25) is 0 Å². The Hall–Kier alpha value is -1.60. The highest BCUT2D eigenvalue weighted by molar-refractivity contribution is 5.48. The van der Waals surface area contributed by atoms with Gasteiger partial charge in [0.1, 0.15) is 0 Å². The zero-order valence-corrected chi connectivity index (χ0v) is 12.5. The van der Waals surface area contributed by atoms with E-state index in [2.05, 4.69) is 53.8 Å². The maximum absolute atomic E-state index is 3.82. The average Bonchev–Trinajstić information content (AvgIpc) is 3.34. The standard InChI is InChI=1S/C20H23N/c1-3-9-18-16(7-1)14-17-8-2-4-10-19(17)20(18)21-13-5-6-15-11-12-15/h1-4,7-10,15,20-21H,5-6,11-14H2. The van der Waals surface area contributed by atoms with Crippen molar-refractivity contribution in [2.45, 2.75) is 38.1 Å². The van der Waals surface area contributed by atoms with Crippen LogP contribution in [-0.4, -0.2) is 6.54 Å². The molecule has 2 aromatic rings. The second kappa shape index (κ2) is 5.65. The molecule has 1 saturated carbocycles. The Balaban J connectivity index is 1.55. The summed E-state index contributed by atoms with van der Waals surface area (Å²) in [5, 5.41) is 3.82. The Kier molecular flexibility index (Phi) is 3.52. The molecule has 0 aliphatic heterocycles. The molecule has 0 heterocycles. The minimum atomic E-state index is 0.380. The van der Waals surface area contributed by atoms with Crippen molar-refractivity contribution < 1.29 is 0 Å². The molecular formula is C20H23N. The predicted molar refractivity (Wildman–Crippen MR) is 87.5 cm³/mol. The summed E-state index contributed by atoms with van der Waals surface area (Å²) in [4.78, 5) is 0. The minimum absolute atomic E-state index is 0.380. The van der Waals surface area contributed by atoms with Crippen molar-refractivity contribution in [1.29, 1.82) is 0 Å². The molecule has 0 bridgehead atoms. The molecule has 1 heteroatoms. The van der Waals surface area contributed by atoms with Gasteiger partial charge in [-0.05, 0) is 54.0 Å². The summed E-state index contributed by atoms with van der Waals surface area (Å²) in [6.07, 6.45) is 6.73. The quantitative estimate of drug-likeness (QED) is 0.796. The van der Waals surface area contributed by atoms with Gasteiger partial charge in [0.2, 0.25) is 0 Å². The van der Waals surface area contributed by atoms with E-state index < -0.39 is 0 Å². The van der Waals surface area contributed by atoms with Crippen LogP contribution in [0.1, 0.15) is 54.0 Å². The molecule has 1 fully saturated rings. The predicted octanol–water partition coefficient (Wildman–Crippen LogP) is 4.46. The second-order valence-electron chi connectivity index (χ2n) is 6.55. The summed E-state index contributed by atoms with van der Waals surface area (Å²) < 4.78 is 0. The molecule has 2 aliphatic carbocycles. The van der Waals surface area contributed by atoms with Crippen LogP contribution in [0.15, 0.2) is 48.5 Å². The van der Waals surface area contributed by atoms with E-state index in [0.717, 1.165) is 18.9 Å². The van der Waals surface area contributed by atoms with E-state index in [9.17, 15) is 0 Å². The van der Waals surface area contributed by atoms with E-state index in [-0.39, 0.29) is 0 Å². The molecule has 1 N–H and O–H groups in total. The van der Waals surface area contributed by atoms with Gasteiger partial charge in [-0.1, -0.05) is 61.4 Å². The van der Waals surface area contributed by atoms with Crippen LogP contribution in [0.3, 0.4) is 0 Å². The number of rotatable bonds is 5. The summed E-state index contributed by atoms with van der Waals surface area (Å²) in [7, 11) is 0. The van der Waals surface area contributed by atoms with E-state index in [0.29, 0.717) is 6.04 Å². The molecule has 0 spiro atoms. The lowest BCUT2D eigenvalue weighted by molar-refractivity contribution is 0.543. The molecule has 4 rings (SSSR count). The van der Waals surface area contributed by atoms with Gasteiger partial charge < -0.3 is 5.32 Å². The first-order valence-electron chi connectivity index (χ1n) is 8.31. The van der Waals surface area contributed by atoms with Crippen molar-refractivity contribution >= 4 is 0 Å². The normalized spacial score (nSPS) is 17.3. The summed E-state index contributed by atoms with van der Waals surface area (Å²) >= 11 is 0. The third kappa shape index (κ3) is 2.75. The van der Waals surface area contributed by atoms with E-state index in [4.69, 9.17) is 0 Å². The molecule has 0 unspecified atom stereocenters. The lowest BCUT2D eigenvalue weighted by atomic mass is 9.82. The highest BCUT2D eigenvalue weighted by atomic mass is 14.9. The number of nitrogens with one attached hydrogen (secondary N) is 1. The van der Waals surface area contributed by atoms with Crippen molar-refractivity contribution in [2.75, 3.05) is 6.54 Å². The van der Waals surface area contributed by atoms with Crippen LogP contribution in [0.4, 0.5) is 0 Å². The Morgan fingerprint density at radius 1 is 0.857 bits per heavy atom. The summed E-state index contributed by atoms with van der Waals surface area (Å²) in [5.74, 6) is 1.04. The van der Waals surface area contributed by atoms with Gasteiger partial charge in [-0.25, -0.2) is 0 Å². The Morgan fingerprint density at radius 2 is 1.48 bits per heavy atom. The zero-order valence-electron chi connectivity index (χ0n) is 12.5. The van der Waals surface area contributed by atoms with E-state index in [1.165, 1.54) is 47.9 Å². The highest BCUT2D eigenvalue weighted by Gasteiger charge is 2.25. The van der Waals surface area contributed by atoms with Crippen LogP contribution < -0.4 is 5.32 Å². The Labute approximate surface area is 127 Å². The highest BCUT2D eigenvalue weighted by Crippen LogP contribution is 2.35. The summed E-state index contributed by atoms with van der Waals surface area (Å²) in [6, 6.07) is 18.2. The Morgan fingerprint density at radius 3 is 2.10 bits per heavy atom. The molecule has 2 aliphatic rings. The van der Waals surface area contributed by atoms with Gasteiger partial charge in [0.25, 0.3) is 0 Å². The van der Waals surface area contributed by atoms with Gasteiger partial charge in [-0.15, -0.1) is 0 Å². The number of hydrogen-bond acceptors (Lipinski definition) is 1. The van der Waals surface area contributed by atoms with Crippen LogP contribution in [0.5, 0.6) is 0 Å². The average molecular weight is 277 g/mol. The fourth-order valence-corrected chi connectivity index (χ4v) is 3.59. The summed E-state index contributed by atoms with van der Waals surface area (Å²) in [5.41, 5.74) is 5.91. The first kappa shape index (κ1) is 13.1. The third-order valence-electron chi connectivity index (χ3n) is 4.95. The van der Waals surface area contributed by atoms with Gasteiger partial charge in [0.05, 0.1) is 6.04 Å². The topological polar surface area (TPSA) is 12.0 Å². The van der Waals surface area contributed by atoms with Gasteiger partial charge in [0, 0.05) is 0 Å². The molecule has 0 atom stereocenters. The van der Waals surface area contributed by atoms with Crippen LogP contribution in [-0.2, 0) is 6.42 Å². The fourth-order valence-electron chi connectivity index (χ4n) is 3.59. The third-order valence-corrected chi connectivity index (χ3v) is 4.95. The smallest absolute Gasteiger partial charge is 0.0582 e. The SMILES string of the molecule is c1ccc2c(c1)Cc1ccccc1C2NCCCC1CC1. The van der Waals surface area contributed by atoms with Crippen molar-refractivity contribution in [3.05, 3.63) is 70.8 Å². The molecule has 21 heavy (non-hydrogen) atoms. The fraction of sp³-hybridized carbons (Fsp3) is 0.400. The number of fused-ring (bicyclic) bond motifs is 2. The van der Waals surface area contributed by atoms with Crippen molar-refractivity contribution in [3.8, 4) is 0 Å². The van der Waals surface area contributed by atoms with Crippen LogP contribution in [0.2, 0.25) is 0 Å². The monoisotopic (exact) mass is 277 g/mol. The van der Waals surface area contributed by atoms with Crippen molar-refractivity contribution in [3.63, 3.8) is 0 Å². The molecule has 2 aromatic carbocycles. The molecule has 0 amide bonds. The number of hydrogen-bond donors (Lipinski definition) is 1. The van der Waals surface area contributed by atoms with Gasteiger partial charge in [0.15, 0.2) is 0 Å². The first-order valence-corrected chi connectivity index (χ1v) is 8.31. The first-order chi connectivity index (χ1) is 10.4. The number of benzene rings is 2. The Bertz CT molecular complexity index is 582. The van der Waals surface area contributed by atoms with Crippen LogP contribution >= 0.6 is 0 Å². The molecule has 1 nitrogen and oxygen atoms in total. The molecular weight excluding hydrogens is 254 g/mol. The van der Waals surface area contributed by atoms with Crippen molar-refractivity contribution in [2.24, 2.45) is 5.92 Å². The molecule has 0 saturated heterocycles. The van der Waals surface area contributed by atoms with Gasteiger partial charge >= 0.3 is 0 Å². The van der Waals surface area contributed by atoms with E-state index in [1.54, 1.807) is 0 Å². The maximum atomic E-state index is 3.82. The van der Waals surface area contributed by atoms with E-state index >= 15 is 0 Å². The molecule has 0 radical (unpaired) electrons. The lowest BCUT2D eigenvalue weighted by Gasteiger charge is -2.29. The van der Waals surface area contributed by atoms with E-state index in [1.807, 2.05) is 0 Å². The molecule has 0 aromatic heterocycles. The lowest BCUT2D eigenvalue weighted by Crippen LogP contribution is -2.28. The maximum Gasteiger partial charge on any atom is 0.0582 e. The molecule has 108 valence electrons. The second-order valence-corrected chi connectivity index (χ2v) is 6.55. The van der Waals surface area contributed by atoms with Crippen LogP contribution in [0.25, 0.3) is 0 Å².